The number of nitrogens with one attached hydrogen (secondary N) is 1. The summed E-state index contributed by atoms with van der Waals surface area (Å²) < 4.78 is 11.3. The first-order valence-corrected chi connectivity index (χ1v) is 8.87. The number of hydrogen-bond donors (Lipinski definition) is 1. The highest BCUT2D eigenvalue weighted by Crippen LogP contribution is 2.25. The fourth-order valence-corrected chi connectivity index (χ4v) is 3.68. The highest BCUT2D eigenvalue weighted by atomic mass is 16.5. The van der Waals surface area contributed by atoms with Crippen LogP contribution in [-0.4, -0.2) is 56.0 Å². The molecule has 5 nitrogen and oxygen atoms in total. The molecule has 2 amide bonds. The lowest BCUT2D eigenvalue weighted by Crippen LogP contribution is -2.52. The quantitative estimate of drug-likeness (QED) is 0.849. The van der Waals surface area contributed by atoms with Crippen molar-refractivity contribution in [3.63, 3.8) is 0 Å². The Bertz CT molecular complexity index is 347. The minimum atomic E-state index is 0.0666. The van der Waals surface area contributed by atoms with E-state index >= 15 is 0 Å². The predicted octanol–water partition coefficient (Wildman–Crippen LogP) is 2.79. The number of carbonyl (C=O) groups is 1. The molecule has 128 valence electrons. The molecule has 0 aromatic carbocycles. The van der Waals surface area contributed by atoms with Gasteiger partial charge in [-0.3, -0.25) is 0 Å². The summed E-state index contributed by atoms with van der Waals surface area (Å²) in [6.45, 7) is 6.75. The molecule has 0 aromatic rings. The SMILES string of the molecule is CCC(CC)[C@@H]1C[C@@H](NC(=O)N2CCC[C@H](OC)C2)CCO1. The van der Waals surface area contributed by atoms with Crippen LogP contribution >= 0.6 is 0 Å². The Morgan fingerprint density at radius 1 is 1.36 bits per heavy atom. The smallest absolute Gasteiger partial charge is 0.317 e. The number of urea groups is 1. The summed E-state index contributed by atoms with van der Waals surface area (Å²) in [4.78, 5) is 14.4. The number of carbonyl (C=O) groups excluding carboxylic acids is 1. The number of methoxy groups -OCH3 is 1. The maximum absolute atomic E-state index is 12.5. The van der Waals surface area contributed by atoms with Gasteiger partial charge in [0.1, 0.15) is 0 Å². The lowest BCUT2D eigenvalue weighted by Gasteiger charge is -2.37. The first-order valence-electron chi connectivity index (χ1n) is 8.87. The highest BCUT2D eigenvalue weighted by molar-refractivity contribution is 5.74. The molecule has 0 aromatic heterocycles. The minimum Gasteiger partial charge on any atom is -0.380 e. The molecule has 0 unspecified atom stereocenters. The number of likely N-dealkylation sites (tertiary alicyclic amines) is 1. The summed E-state index contributed by atoms with van der Waals surface area (Å²) in [5.74, 6) is 0.604. The molecule has 2 aliphatic heterocycles. The molecule has 22 heavy (non-hydrogen) atoms. The van der Waals surface area contributed by atoms with Crippen LogP contribution in [0.15, 0.2) is 0 Å². The van der Waals surface area contributed by atoms with Gasteiger partial charge in [-0.25, -0.2) is 4.79 Å². The molecule has 2 aliphatic rings. The van der Waals surface area contributed by atoms with E-state index in [2.05, 4.69) is 19.2 Å². The van der Waals surface area contributed by atoms with Crippen LogP contribution in [0.1, 0.15) is 52.4 Å². The third kappa shape index (κ3) is 4.59. The van der Waals surface area contributed by atoms with Gasteiger partial charge in [-0.15, -0.1) is 0 Å². The van der Waals surface area contributed by atoms with Gasteiger partial charge < -0.3 is 19.7 Å². The summed E-state index contributed by atoms with van der Waals surface area (Å²) in [6.07, 6.45) is 6.70. The van der Waals surface area contributed by atoms with E-state index in [1.807, 2.05) is 4.90 Å². The third-order valence-corrected chi connectivity index (χ3v) is 5.22. The highest BCUT2D eigenvalue weighted by Gasteiger charge is 2.30. The lowest BCUT2D eigenvalue weighted by atomic mass is 9.89. The summed E-state index contributed by atoms with van der Waals surface area (Å²) in [7, 11) is 1.73. The van der Waals surface area contributed by atoms with Gasteiger partial charge in [0, 0.05) is 32.8 Å². The number of piperidine rings is 1. The van der Waals surface area contributed by atoms with E-state index in [0.29, 0.717) is 18.6 Å². The van der Waals surface area contributed by atoms with Gasteiger partial charge in [-0.05, 0) is 31.6 Å². The minimum absolute atomic E-state index is 0.0666. The monoisotopic (exact) mass is 312 g/mol. The van der Waals surface area contributed by atoms with Crippen molar-refractivity contribution < 1.29 is 14.3 Å². The first kappa shape index (κ1) is 17.5. The van der Waals surface area contributed by atoms with Crippen LogP contribution in [0.4, 0.5) is 4.79 Å². The zero-order valence-corrected chi connectivity index (χ0v) is 14.3. The fourth-order valence-electron chi connectivity index (χ4n) is 3.68. The second kappa shape index (κ2) is 8.73. The van der Waals surface area contributed by atoms with Crippen LogP contribution in [0.25, 0.3) is 0 Å². The maximum Gasteiger partial charge on any atom is 0.317 e. The van der Waals surface area contributed by atoms with Crippen molar-refractivity contribution in [1.29, 1.82) is 0 Å². The first-order chi connectivity index (χ1) is 10.7. The molecule has 0 bridgehead atoms. The zero-order valence-electron chi connectivity index (χ0n) is 14.3. The fraction of sp³-hybridized carbons (Fsp3) is 0.941. The van der Waals surface area contributed by atoms with Gasteiger partial charge in [-0.1, -0.05) is 26.7 Å². The van der Waals surface area contributed by atoms with E-state index < -0.39 is 0 Å². The maximum atomic E-state index is 12.5. The number of amides is 2. The molecule has 3 atom stereocenters. The third-order valence-electron chi connectivity index (χ3n) is 5.22. The Labute approximate surface area is 134 Å². The second-order valence-electron chi connectivity index (χ2n) is 6.60. The van der Waals surface area contributed by atoms with Crippen LogP contribution in [-0.2, 0) is 9.47 Å². The molecule has 2 heterocycles. The van der Waals surface area contributed by atoms with Crippen LogP contribution in [0.2, 0.25) is 0 Å². The zero-order chi connectivity index (χ0) is 15.9. The molecule has 0 radical (unpaired) electrons. The molecule has 2 fully saturated rings. The summed E-state index contributed by atoms with van der Waals surface area (Å²) >= 11 is 0. The average Bonchev–Trinajstić information content (AvgIpc) is 2.56. The van der Waals surface area contributed by atoms with Gasteiger partial charge in [0.15, 0.2) is 0 Å². The van der Waals surface area contributed by atoms with Crippen molar-refractivity contribution in [2.45, 2.75) is 70.6 Å². The van der Waals surface area contributed by atoms with Crippen molar-refractivity contribution in [3.8, 4) is 0 Å². The van der Waals surface area contributed by atoms with Crippen molar-refractivity contribution in [3.05, 3.63) is 0 Å². The van der Waals surface area contributed by atoms with E-state index in [1.165, 1.54) is 0 Å². The standard InChI is InChI=1S/C17H32N2O3/c1-4-13(5-2)16-11-14(8-10-22-16)18-17(20)19-9-6-7-15(12-19)21-3/h13-16H,4-12H2,1-3H3,(H,18,20)/t14-,15-,16-/m0/s1. The number of ether oxygens (including phenoxy) is 2. The molecular weight excluding hydrogens is 280 g/mol. The van der Waals surface area contributed by atoms with Crippen LogP contribution < -0.4 is 5.32 Å². The molecule has 0 saturated carbocycles. The molecule has 0 aliphatic carbocycles. The Hall–Kier alpha value is -0.810. The van der Waals surface area contributed by atoms with E-state index in [1.54, 1.807) is 7.11 Å². The topological polar surface area (TPSA) is 50.8 Å². The van der Waals surface area contributed by atoms with E-state index in [9.17, 15) is 4.79 Å². The molecule has 0 spiro atoms. The molecular formula is C17H32N2O3. The Morgan fingerprint density at radius 3 is 2.82 bits per heavy atom. The van der Waals surface area contributed by atoms with Crippen molar-refractivity contribution in [2.75, 3.05) is 26.8 Å². The van der Waals surface area contributed by atoms with Crippen LogP contribution in [0.5, 0.6) is 0 Å². The normalized spacial score (nSPS) is 29.6. The van der Waals surface area contributed by atoms with E-state index in [0.717, 1.165) is 51.7 Å². The second-order valence-corrected chi connectivity index (χ2v) is 6.60. The molecule has 2 saturated heterocycles. The van der Waals surface area contributed by atoms with Gasteiger partial charge in [0.05, 0.1) is 12.2 Å². The van der Waals surface area contributed by atoms with Gasteiger partial charge in [0.25, 0.3) is 0 Å². The van der Waals surface area contributed by atoms with Crippen molar-refractivity contribution in [1.82, 2.24) is 10.2 Å². The molecule has 2 rings (SSSR count). The largest absolute Gasteiger partial charge is 0.380 e. The summed E-state index contributed by atoms with van der Waals surface area (Å²) in [5.41, 5.74) is 0. The van der Waals surface area contributed by atoms with Crippen molar-refractivity contribution in [2.24, 2.45) is 5.92 Å². The summed E-state index contributed by atoms with van der Waals surface area (Å²) in [5, 5.41) is 3.22. The number of nitrogens with zero attached hydrogens (tertiary/aromatic N) is 1. The van der Waals surface area contributed by atoms with Crippen LogP contribution in [0.3, 0.4) is 0 Å². The van der Waals surface area contributed by atoms with E-state index in [-0.39, 0.29) is 18.2 Å². The van der Waals surface area contributed by atoms with E-state index in [4.69, 9.17) is 9.47 Å². The number of rotatable bonds is 5. The van der Waals surface area contributed by atoms with Crippen LogP contribution in [0, 0.1) is 5.92 Å². The Balaban J connectivity index is 1.83. The van der Waals surface area contributed by atoms with Gasteiger partial charge >= 0.3 is 6.03 Å². The van der Waals surface area contributed by atoms with Crippen molar-refractivity contribution >= 4 is 6.03 Å². The molecule has 1 N–H and O–H groups in total. The number of hydrogen-bond acceptors (Lipinski definition) is 3. The molecule has 5 heteroatoms. The van der Waals surface area contributed by atoms with Gasteiger partial charge in [-0.2, -0.15) is 0 Å². The lowest BCUT2D eigenvalue weighted by molar-refractivity contribution is -0.0341. The average molecular weight is 312 g/mol. The Kier molecular flexibility index (Phi) is 6.96. The Morgan fingerprint density at radius 2 is 2.14 bits per heavy atom. The summed E-state index contributed by atoms with van der Waals surface area (Å²) in [6, 6.07) is 0.312. The predicted molar refractivity (Wildman–Crippen MR) is 87.0 cm³/mol. The van der Waals surface area contributed by atoms with Gasteiger partial charge in [0.2, 0.25) is 0 Å².